The van der Waals surface area contributed by atoms with Crippen molar-refractivity contribution in [3.63, 3.8) is 0 Å². The number of hydrogen-bond acceptors (Lipinski definition) is 4. The molecular weight excluding hydrogens is 278 g/mol. The van der Waals surface area contributed by atoms with Gasteiger partial charge in [-0.05, 0) is 54.4 Å². The van der Waals surface area contributed by atoms with Crippen molar-refractivity contribution >= 4 is 23.4 Å². The number of hydrogen-bond donors (Lipinski definition) is 1. The first-order chi connectivity index (χ1) is 9.19. The Morgan fingerprint density at radius 1 is 1.32 bits per heavy atom. The van der Waals surface area contributed by atoms with Gasteiger partial charge in [0.2, 0.25) is 0 Å². The molecule has 1 heterocycles. The molecule has 0 radical (unpaired) electrons. The lowest BCUT2D eigenvalue weighted by Crippen LogP contribution is -2.21. The van der Waals surface area contributed by atoms with Crippen molar-refractivity contribution in [3.05, 3.63) is 47.2 Å². The molecule has 3 nitrogen and oxygen atoms in total. The number of benzene rings is 1. The predicted molar refractivity (Wildman–Crippen MR) is 79.6 cm³/mol. The first-order valence-corrected chi connectivity index (χ1v) is 7.37. The molecule has 0 amide bonds. The minimum absolute atomic E-state index is 0.148. The maximum Gasteiger partial charge on any atom is 0.192 e. The van der Waals surface area contributed by atoms with Gasteiger partial charge in [-0.25, -0.2) is 9.97 Å². The first kappa shape index (κ1) is 14.3. The minimum Gasteiger partial charge on any atom is -0.327 e. The van der Waals surface area contributed by atoms with Crippen LogP contribution in [0.2, 0.25) is 5.02 Å². The Hall–Kier alpha value is -1.10. The van der Waals surface area contributed by atoms with Crippen LogP contribution in [-0.4, -0.2) is 16.0 Å². The molecule has 0 saturated heterocycles. The highest BCUT2D eigenvalue weighted by Crippen LogP contribution is 2.30. The zero-order valence-electron chi connectivity index (χ0n) is 10.7. The third-order valence-electron chi connectivity index (χ3n) is 2.77. The summed E-state index contributed by atoms with van der Waals surface area (Å²) in [5.41, 5.74) is 7.19. The highest BCUT2D eigenvalue weighted by Gasteiger charge is 2.10. The van der Waals surface area contributed by atoms with Crippen LogP contribution in [0.3, 0.4) is 0 Å². The van der Waals surface area contributed by atoms with Crippen molar-refractivity contribution in [1.82, 2.24) is 9.97 Å². The van der Waals surface area contributed by atoms with Gasteiger partial charge in [-0.3, -0.25) is 0 Å². The smallest absolute Gasteiger partial charge is 0.192 e. The average molecular weight is 294 g/mol. The SMILES string of the molecule is CCC(N)Cc1cc(Cl)ccc1Sc1ncccn1. The van der Waals surface area contributed by atoms with Gasteiger partial charge in [0.25, 0.3) is 0 Å². The number of aromatic nitrogens is 2. The Balaban J connectivity index is 2.24. The molecule has 19 heavy (non-hydrogen) atoms. The van der Waals surface area contributed by atoms with Crippen LogP contribution in [0.1, 0.15) is 18.9 Å². The molecule has 0 aliphatic rings. The molecule has 0 saturated carbocycles. The Kier molecular flexibility index (Phi) is 5.19. The monoisotopic (exact) mass is 293 g/mol. The normalized spacial score (nSPS) is 12.4. The van der Waals surface area contributed by atoms with E-state index < -0.39 is 0 Å². The topological polar surface area (TPSA) is 51.8 Å². The number of rotatable bonds is 5. The summed E-state index contributed by atoms with van der Waals surface area (Å²) < 4.78 is 0. The van der Waals surface area contributed by atoms with E-state index >= 15 is 0 Å². The van der Waals surface area contributed by atoms with Gasteiger partial charge in [0.05, 0.1) is 0 Å². The van der Waals surface area contributed by atoms with Crippen LogP contribution in [0.25, 0.3) is 0 Å². The van der Waals surface area contributed by atoms with E-state index in [4.69, 9.17) is 17.3 Å². The quantitative estimate of drug-likeness (QED) is 0.857. The molecule has 2 aromatic rings. The van der Waals surface area contributed by atoms with Crippen molar-refractivity contribution < 1.29 is 0 Å². The molecule has 0 aliphatic carbocycles. The van der Waals surface area contributed by atoms with Crippen LogP contribution >= 0.6 is 23.4 Å². The second kappa shape index (κ2) is 6.89. The van der Waals surface area contributed by atoms with Gasteiger partial charge in [-0.2, -0.15) is 0 Å². The van der Waals surface area contributed by atoms with Crippen molar-refractivity contribution in [1.29, 1.82) is 0 Å². The molecular formula is C14H16ClN3S. The molecule has 1 unspecified atom stereocenters. The summed E-state index contributed by atoms with van der Waals surface area (Å²) in [6.45, 7) is 2.09. The lowest BCUT2D eigenvalue weighted by molar-refractivity contribution is 0.641. The highest BCUT2D eigenvalue weighted by atomic mass is 35.5. The fourth-order valence-corrected chi connectivity index (χ4v) is 2.70. The molecule has 5 heteroatoms. The number of halogens is 1. The third kappa shape index (κ3) is 4.20. The maximum absolute atomic E-state index is 6.07. The third-order valence-corrected chi connectivity index (χ3v) is 4.02. The fraction of sp³-hybridized carbons (Fsp3) is 0.286. The van der Waals surface area contributed by atoms with Crippen molar-refractivity contribution in [2.24, 2.45) is 5.73 Å². The Bertz CT molecular complexity index is 533. The van der Waals surface area contributed by atoms with Crippen molar-refractivity contribution in [2.45, 2.75) is 35.9 Å². The fourth-order valence-electron chi connectivity index (χ4n) is 1.67. The van der Waals surface area contributed by atoms with Crippen molar-refractivity contribution in [2.75, 3.05) is 0 Å². The largest absolute Gasteiger partial charge is 0.327 e. The predicted octanol–water partition coefficient (Wildman–Crippen LogP) is 3.56. The molecule has 0 bridgehead atoms. The summed E-state index contributed by atoms with van der Waals surface area (Å²) in [7, 11) is 0. The molecule has 1 atom stereocenters. The van der Waals surface area contributed by atoms with E-state index in [-0.39, 0.29) is 6.04 Å². The molecule has 1 aromatic carbocycles. The van der Waals surface area contributed by atoms with Gasteiger partial charge in [-0.1, -0.05) is 18.5 Å². The standard InChI is InChI=1S/C14H16ClN3S/c1-2-12(16)9-10-8-11(15)4-5-13(10)19-14-17-6-3-7-18-14/h3-8,12H,2,9,16H2,1H3. The lowest BCUT2D eigenvalue weighted by Gasteiger charge is -2.13. The number of nitrogens with two attached hydrogens (primary N) is 1. The van der Waals surface area contributed by atoms with Gasteiger partial charge < -0.3 is 5.73 Å². The summed E-state index contributed by atoms with van der Waals surface area (Å²) >= 11 is 7.60. The van der Waals surface area contributed by atoms with E-state index in [2.05, 4.69) is 16.9 Å². The molecule has 2 N–H and O–H groups in total. The van der Waals surface area contributed by atoms with Crippen LogP contribution in [-0.2, 0) is 6.42 Å². The summed E-state index contributed by atoms with van der Waals surface area (Å²) in [4.78, 5) is 9.56. The summed E-state index contributed by atoms with van der Waals surface area (Å²) in [6, 6.07) is 7.81. The van der Waals surface area contributed by atoms with E-state index in [1.54, 1.807) is 18.5 Å². The maximum atomic E-state index is 6.07. The van der Waals surface area contributed by atoms with Crippen LogP contribution < -0.4 is 5.73 Å². The molecule has 1 aromatic heterocycles. The summed E-state index contributed by atoms with van der Waals surface area (Å²) in [5, 5.41) is 1.47. The van der Waals surface area contributed by atoms with Gasteiger partial charge in [0, 0.05) is 28.4 Å². The Morgan fingerprint density at radius 3 is 2.74 bits per heavy atom. The zero-order valence-corrected chi connectivity index (χ0v) is 12.3. The molecule has 0 aliphatic heterocycles. The second-order valence-electron chi connectivity index (χ2n) is 4.26. The van der Waals surface area contributed by atoms with Crippen LogP contribution in [0.5, 0.6) is 0 Å². The van der Waals surface area contributed by atoms with Crippen LogP contribution in [0.4, 0.5) is 0 Å². The number of nitrogens with zero attached hydrogens (tertiary/aromatic N) is 2. The molecule has 100 valence electrons. The van der Waals surface area contributed by atoms with Crippen LogP contribution in [0.15, 0.2) is 46.7 Å². The summed E-state index contributed by atoms with van der Waals surface area (Å²) in [5.74, 6) is 0. The van der Waals surface area contributed by atoms with Crippen LogP contribution in [0, 0.1) is 0 Å². The van der Waals surface area contributed by atoms with E-state index in [1.165, 1.54) is 11.8 Å². The van der Waals surface area contributed by atoms with Gasteiger partial charge in [0.1, 0.15) is 0 Å². The summed E-state index contributed by atoms with van der Waals surface area (Å²) in [6.07, 6.45) is 5.23. The van der Waals surface area contributed by atoms with Gasteiger partial charge >= 0.3 is 0 Å². The molecule has 2 rings (SSSR count). The second-order valence-corrected chi connectivity index (χ2v) is 5.70. The average Bonchev–Trinajstić information content (AvgIpc) is 2.43. The first-order valence-electron chi connectivity index (χ1n) is 6.18. The van der Waals surface area contributed by atoms with Crippen molar-refractivity contribution in [3.8, 4) is 0 Å². The van der Waals surface area contributed by atoms with E-state index in [1.807, 2.05) is 18.2 Å². The Morgan fingerprint density at radius 2 is 2.05 bits per heavy atom. The highest BCUT2D eigenvalue weighted by molar-refractivity contribution is 7.99. The molecule has 0 fully saturated rings. The lowest BCUT2D eigenvalue weighted by atomic mass is 10.0. The van der Waals surface area contributed by atoms with E-state index in [0.29, 0.717) is 0 Å². The minimum atomic E-state index is 0.148. The zero-order chi connectivity index (χ0) is 13.7. The van der Waals surface area contributed by atoms with Gasteiger partial charge in [0.15, 0.2) is 5.16 Å². The van der Waals surface area contributed by atoms with Gasteiger partial charge in [-0.15, -0.1) is 0 Å². The Labute approximate surface area is 122 Å². The van der Waals surface area contributed by atoms with E-state index in [0.717, 1.165) is 33.5 Å². The van der Waals surface area contributed by atoms with E-state index in [9.17, 15) is 0 Å². The molecule has 0 spiro atoms.